The van der Waals surface area contributed by atoms with Gasteiger partial charge in [-0.15, -0.1) is 0 Å². The molecule has 0 spiro atoms. The highest BCUT2D eigenvalue weighted by Crippen LogP contribution is 2.24. The predicted molar refractivity (Wildman–Crippen MR) is 129 cm³/mol. The van der Waals surface area contributed by atoms with E-state index in [9.17, 15) is 0 Å². The fourth-order valence-corrected chi connectivity index (χ4v) is 3.93. The number of fused-ring (bicyclic) bond motifs is 1. The molecule has 0 fully saturated rings. The van der Waals surface area contributed by atoms with Crippen LogP contribution in [0.2, 0.25) is 5.02 Å². The molecule has 1 N–H and O–H groups in total. The predicted octanol–water partition coefficient (Wildman–Crippen LogP) is 6.18. The molecule has 158 valence electrons. The normalized spacial score (nSPS) is 11.2. The zero-order valence-electron chi connectivity index (χ0n) is 17.5. The lowest BCUT2D eigenvalue weighted by atomic mass is 10.1. The molecule has 2 aromatic carbocycles. The molecule has 2 aromatic heterocycles. The summed E-state index contributed by atoms with van der Waals surface area (Å²) in [6, 6.07) is 22.8. The Morgan fingerprint density at radius 2 is 1.58 bits per heavy atom. The molecular formula is C26H27ClN4. The fraction of sp³-hybridized carbons (Fsp3) is 0.231. The van der Waals surface area contributed by atoms with Crippen LogP contribution < -0.4 is 5.32 Å². The number of benzene rings is 2. The van der Waals surface area contributed by atoms with Gasteiger partial charge in [-0.05, 0) is 66.9 Å². The highest BCUT2D eigenvalue weighted by Gasteiger charge is 2.08. The Hall–Kier alpha value is -2.95. The molecule has 0 saturated carbocycles. The molecule has 0 aliphatic heterocycles. The molecule has 0 atom stereocenters. The molecule has 0 amide bonds. The molecule has 0 radical (unpaired) electrons. The van der Waals surface area contributed by atoms with Gasteiger partial charge in [-0.1, -0.05) is 41.9 Å². The van der Waals surface area contributed by atoms with Crippen LogP contribution in [0.5, 0.6) is 0 Å². The van der Waals surface area contributed by atoms with E-state index in [1.807, 2.05) is 42.9 Å². The third kappa shape index (κ3) is 6.27. The Morgan fingerprint density at radius 1 is 0.806 bits per heavy atom. The molecule has 4 aromatic rings. The van der Waals surface area contributed by atoms with Gasteiger partial charge in [-0.25, -0.2) is 0 Å². The van der Waals surface area contributed by atoms with Crippen LogP contribution in [-0.4, -0.2) is 28.0 Å². The van der Waals surface area contributed by atoms with Crippen molar-refractivity contribution in [3.63, 3.8) is 0 Å². The second-order valence-electron chi connectivity index (χ2n) is 7.71. The van der Waals surface area contributed by atoms with E-state index in [1.165, 1.54) is 11.1 Å². The average molecular weight is 431 g/mol. The van der Waals surface area contributed by atoms with Gasteiger partial charge < -0.3 is 5.32 Å². The molecule has 0 bridgehead atoms. The zero-order valence-corrected chi connectivity index (χ0v) is 18.3. The molecule has 0 aliphatic rings. The van der Waals surface area contributed by atoms with Crippen LogP contribution in [0.25, 0.3) is 10.9 Å². The third-order valence-corrected chi connectivity index (χ3v) is 5.56. The van der Waals surface area contributed by atoms with Crippen molar-refractivity contribution in [1.29, 1.82) is 0 Å². The van der Waals surface area contributed by atoms with Gasteiger partial charge in [0, 0.05) is 54.3 Å². The van der Waals surface area contributed by atoms with Crippen molar-refractivity contribution in [1.82, 2.24) is 14.9 Å². The lowest BCUT2D eigenvalue weighted by molar-refractivity contribution is 0.252. The minimum atomic E-state index is 0.713. The summed E-state index contributed by atoms with van der Waals surface area (Å²) in [7, 11) is 0. The Morgan fingerprint density at radius 3 is 2.39 bits per heavy atom. The van der Waals surface area contributed by atoms with Gasteiger partial charge in [0.25, 0.3) is 0 Å². The van der Waals surface area contributed by atoms with E-state index in [2.05, 4.69) is 62.6 Å². The van der Waals surface area contributed by atoms with Crippen LogP contribution in [0.15, 0.2) is 85.3 Å². The van der Waals surface area contributed by atoms with E-state index < -0.39 is 0 Å². The van der Waals surface area contributed by atoms with E-state index >= 15 is 0 Å². The lowest BCUT2D eigenvalue weighted by Gasteiger charge is -2.22. The Labute approximate surface area is 188 Å². The number of unbranched alkanes of at least 4 members (excludes halogenated alkanes) is 1. The zero-order chi connectivity index (χ0) is 21.3. The highest BCUT2D eigenvalue weighted by molar-refractivity contribution is 6.31. The first-order chi connectivity index (χ1) is 15.3. The molecule has 4 rings (SSSR count). The summed E-state index contributed by atoms with van der Waals surface area (Å²) in [5.74, 6) is 0. The number of hydrogen-bond donors (Lipinski definition) is 1. The summed E-state index contributed by atoms with van der Waals surface area (Å²) in [6.45, 7) is 3.86. The van der Waals surface area contributed by atoms with Crippen LogP contribution in [0, 0.1) is 0 Å². The van der Waals surface area contributed by atoms with Crippen molar-refractivity contribution >= 4 is 28.2 Å². The standard InChI is InChI=1S/C26H27ClN4/c27-23-8-9-24-25(12-16-30-26(24)18-23)29-13-4-5-17-31(19-21-6-2-1-3-7-21)20-22-10-14-28-15-11-22/h1-3,6-12,14-16,18H,4-5,13,17,19-20H2,(H,29,30). The maximum absolute atomic E-state index is 6.09. The van der Waals surface area contributed by atoms with Gasteiger partial charge >= 0.3 is 0 Å². The topological polar surface area (TPSA) is 41.0 Å². The first kappa shape index (κ1) is 21.3. The van der Waals surface area contributed by atoms with E-state index in [0.717, 1.165) is 55.6 Å². The van der Waals surface area contributed by atoms with Gasteiger partial charge in [-0.3, -0.25) is 14.9 Å². The van der Waals surface area contributed by atoms with Gasteiger partial charge in [0.05, 0.1) is 5.52 Å². The number of hydrogen-bond acceptors (Lipinski definition) is 4. The monoisotopic (exact) mass is 430 g/mol. The van der Waals surface area contributed by atoms with Crippen molar-refractivity contribution in [2.24, 2.45) is 0 Å². The summed E-state index contributed by atoms with van der Waals surface area (Å²) in [6.07, 6.45) is 7.79. The summed E-state index contributed by atoms with van der Waals surface area (Å²) < 4.78 is 0. The fourth-order valence-electron chi connectivity index (χ4n) is 3.76. The largest absolute Gasteiger partial charge is 0.384 e. The number of rotatable bonds is 10. The number of halogens is 1. The summed E-state index contributed by atoms with van der Waals surface area (Å²) >= 11 is 6.09. The Bertz CT molecular complexity index is 1040. The molecule has 0 saturated heterocycles. The maximum atomic E-state index is 6.09. The van der Waals surface area contributed by atoms with Crippen molar-refractivity contribution in [2.75, 3.05) is 18.4 Å². The van der Waals surface area contributed by atoms with Gasteiger partial charge in [0.2, 0.25) is 0 Å². The quantitative estimate of drug-likeness (QED) is 0.305. The van der Waals surface area contributed by atoms with Crippen LogP contribution >= 0.6 is 11.6 Å². The molecule has 0 unspecified atom stereocenters. The molecule has 31 heavy (non-hydrogen) atoms. The summed E-state index contributed by atoms with van der Waals surface area (Å²) in [4.78, 5) is 11.1. The first-order valence-electron chi connectivity index (χ1n) is 10.7. The van der Waals surface area contributed by atoms with Crippen LogP contribution in [0.4, 0.5) is 5.69 Å². The van der Waals surface area contributed by atoms with Gasteiger partial charge in [-0.2, -0.15) is 0 Å². The van der Waals surface area contributed by atoms with E-state index in [1.54, 1.807) is 0 Å². The SMILES string of the molecule is Clc1ccc2c(NCCCCN(Cc3ccccc3)Cc3ccncc3)ccnc2c1. The Balaban J connectivity index is 1.31. The molecule has 4 nitrogen and oxygen atoms in total. The molecule has 0 aliphatic carbocycles. The van der Waals surface area contributed by atoms with E-state index in [4.69, 9.17) is 11.6 Å². The molecule has 5 heteroatoms. The number of pyridine rings is 2. The number of nitrogens with zero attached hydrogens (tertiary/aromatic N) is 3. The van der Waals surface area contributed by atoms with E-state index in [0.29, 0.717) is 5.02 Å². The van der Waals surface area contributed by atoms with Gasteiger partial charge in [0.1, 0.15) is 0 Å². The summed E-state index contributed by atoms with van der Waals surface area (Å²) in [5, 5.41) is 5.39. The summed E-state index contributed by atoms with van der Waals surface area (Å²) in [5.41, 5.74) is 4.67. The molecule has 2 heterocycles. The van der Waals surface area contributed by atoms with Gasteiger partial charge in [0.15, 0.2) is 0 Å². The first-order valence-corrected chi connectivity index (χ1v) is 11.1. The number of anilines is 1. The second-order valence-corrected chi connectivity index (χ2v) is 8.14. The van der Waals surface area contributed by atoms with Crippen LogP contribution in [0.1, 0.15) is 24.0 Å². The van der Waals surface area contributed by atoms with E-state index in [-0.39, 0.29) is 0 Å². The maximum Gasteiger partial charge on any atom is 0.0737 e. The third-order valence-electron chi connectivity index (χ3n) is 5.33. The number of aromatic nitrogens is 2. The van der Waals surface area contributed by atoms with Crippen molar-refractivity contribution in [3.05, 3.63) is 101 Å². The minimum Gasteiger partial charge on any atom is -0.384 e. The lowest BCUT2D eigenvalue weighted by Crippen LogP contribution is -2.24. The van der Waals surface area contributed by atoms with Crippen molar-refractivity contribution < 1.29 is 0 Å². The highest BCUT2D eigenvalue weighted by atomic mass is 35.5. The van der Waals surface area contributed by atoms with Crippen molar-refractivity contribution in [3.8, 4) is 0 Å². The average Bonchev–Trinajstić information content (AvgIpc) is 2.80. The van der Waals surface area contributed by atoms with Crippen LogP contribution in [-0.2, 0) is 13.1 Å². The van der Waals surface area contributed by atoms with Crippen molar-refractivity contribution in [2.45, 2.75) is 25.9 Å². The number of nitrogens with one attached hydrogen (secondary N) is 1. The minimum absolute atomic E-state index is 0.713. The van der Waals surface area contributed by atoms with Crippen LogP contribution in [0.3, 0.4) is 0 Å². The smallest absolute Gasteiger partial charge is 0.0737 e. The second kappa shape index (κ2) is 10.9. The Kier molecular flexibility index (Phi) is 7.48. The molecular weight excluding hydrogens is 404 g/mol.